The van der Waals surface area contributed by atoms with Crippen molar-refractivity contribution in [2.75, 3.05) is 13.2 Å². The first kappa shape index (κ1) is 15.1. The van der Waals surface area contributed by atoms with Gasteiger partial charge in [-0.15, -0.1) is 11.3 Å². The van der Waals surface area contributed by atoms with Gasteiger partial charge in [0.05, 0.1) is 18.7 Å². The summed E-state index contributed by atoms with van der Waals surface area (Å²) in [5.41, 5.74) is 1.22. The van der Waals surface area contributed by atoms with Crippen molar-refractivity contribution >= 4 is 17.3 Å². The topological polar surface area (TPSA) is 51.2 Å². The summed E-state index contributed by atoms with van der Waals surface area (Å²) in [5, 5.41) is 6.36. The van der Waals surface area contributed by atoms with Crippen molar-refractivity contribution in [3.63, 3.8) is 0 Å². The molecule has 18 heavy (non-hydrogen) atoms. The van der Waals surface area contributed by atoms with E-state index in [0.717, 1.165) is 10.7 Å². The Kier molecular flexibility index (Phi) is 5.75. The van der Waals surface area contributed by atoms with E-state index in [1.54, 1.807) is 11.3 Å². The molecular formula is C13H22N2O2S. The monoisotopic (exact) mass is 270 g/mol. The van der Waals surface area contributed by atoms with Gasteiger partial charge < -0.3 is 10.1 Å². The normalized spacial score (nSPS) is 11.6. The fourth-order valence-corrected chi connectivity index (χ4v) is 2.35. The molecule has 0 amide bonds. The number of hydrogen-bond acceptors (Lipinski definition) is 5. The van der Waals surface area contributed by atoms with Crippen LogP contribution in [-0.2, 0) is 21.5 Å². The van der Waals surface area contributed by atoms with Crippen LogP contribution < -0.4 is 5.32 Å². The lowest BCUT2D eigenvalue weighted by Crippen LogP contribution is -2.19. The third kappa shape index (κ3) is 5.14. The van der Waals surface area contributed by atoms with Gasteiger partial charge in [0.25, 0.3) is 0 Å². The Morgan fingerprint density at radius 1 is 1.50 bits per heavy atom. The van der Waals surface area contributed by atoms with E-state index in [4.69, 9.17) is 4.74 Å². The fourth-order valence-electron chi connectivity index (χ4n) is 1.36. The molecule has 1 aromatic heterocycles. The molecule has 1 heterocycles. The molecule has 1 N–H and O–H groups in total. The van der Waals surface area contributed by atoms with Gasteiger partial charge in [-0.25, -0.2) is 4.98 Å². The van der Waals surface area contributed by atoms with Crippen molar-refractivity contribution in [3.8, 4) is 0 Å². The Morgan fingerprint density at radius 2 is 2.22 bits per heavy atom. The summed E-state index contributed by atoms with van der Waals surface area (Å²) in [6, 6.07) is 0. The first-order valence-corrected chi connectivity index (χ1v) is 7.12. The maximum atomic E-state index is 11.1. The molecular weight excluding hydrogens is 248 g/mol. The number of nitrogens with zero attached hydrogens (tertiary/aromatic N) is 1. The van der Waals surface area contributed by atoms with Crippen molar-refractivity contribution in [1.29, 1.82) is 0 Å². The van der Waals surface area contributed by atoms with Crippen LogP contribution in [0.5, 0.6) is 0 Å². The van der Waals surface area contributed by atoms with E-state index in [1.807, 2.05) is 6.92 Å². The number of aromatic nitrogens is 1. The highest BCUT2D eigenvalue weighted by molar-refractivity contribution is 7.09. The van der Waals surface area contributed by atoms with Crippen LogP contribution in [-0.4, -0.2) is 24.1 Å². The number of hydrogen-bond donors (Lipinski definition) is 1. The standard InChI is InChI=1S/C13H22N2O2S/c1-5-17-12(16)6-7-14-8-11-15-10(9-18-11)13(2,3)4/h9,14H,5-8H2,1-4H3. The highest BCUT2D eigenvalue weighted by Crippen LogP contribution is 2.23. The molecule has 1 aromatic rings. The molecule has 0 unspecified atom stereocenters. The SMILES string of the molecule is CCOC(=O)CCNCc1nc(C(C)(C)C)cs1. The molecule has 5 heteroatoms. The van der Waals surface area contributed by atoms with Crippen molar-refractivity contribution in [3.05, 3.63) is 16.1 Å². The Morgan fingerprint density at radius 3 is 2.78 bits per heavy atom. The van der Waals surface area contributed by atoms with E-state index < -0.39 is 0 Å². The predicted molar refractivity (Wildman–Crippen MR) is 73.8 cm³/mol. The van der Waals surface area contributed by atoms with Gasteiger partial charge in [0.2, 0.25) is 0 Å². The molecule has 0 atom stereocenters. The second-order valence-corrected chi connectivity index (χ2v) is 6.05. The lowest BCUT2D eigenvalue weighted by atomic mass is 9.93. The lowest BCUT2D eigenvalue weighted by molar-refractivity contribution is -0.142. The first-order valence-electron chi connectivity index (χ1n) is 6.24. The smallest absolute Gasteiger partial charge is 0.307 e. The Labute approximate surface area is 113 Å². The number of esters is 1. The number of carbonyl (C=O) groups excluding carboxylic acids is 1. The minimum Gasteiger partial charge on any atom is -0.466 e. The van der Waals surface area contributed by atoms with E-state index in [1.165, 1.54) is 0 Å². The molecule has 0 fully saturated rings. The second kappa shape index (κ2) is 6.85. The Bertz CT molecular complexity index is 383. The van der Waals surface area contributed by atoms with Gasteiger partial charge in [-0.3, -0.25) is 4.79 Å². The molecule has 102 valence electrons. The van der Waals surface area contributed by atoms with Gasteiger partial charge >= 0.3 is 5.97 Å². The summed E-state index contributed by atoms with van der Waals surface area (Å²) in [4.78, 5) is 15.7. The van der Waals surface area contributed by atoms with Crippen LogP contribution in [0, 0.1) is 0 Å². The zero-order valence-corrected chi connectivity index (χ0v) is 12.4. The third-order valence-electron chi connectivity index (χ3n) is 2.41. The first-order chi connectivity index (χ1) is 8.43. The second-order valence-electron chi connectivity index (χ2n) is 5.11. The van der Waals surface area contributed by atoms with Crippen LogP contribution >= 0.6 is 11.3 Å². The van der Waals surface area contributed by atoms with Gasteiger partial charge in [0.1, 0.15) is 5.01 Å². The summed E-state index contributed by atoms with van der Waals surface area (Å²) >= 11 is 1.66. The minimum atomic E-state index is -0.153. The Hall–Kier alpha value is -0.940. The van der Waals surface area contributed by atoms with Crippen molar-refractivity contribution in [2.24, 2.45) is 0 Å². The number of carbonyl (C=O) groups is 1. The predicted octanol–water partition coefficient (Wildman–Crippen LogP) is 2.48. The third-order valence-corrected chi connectivity index (χ3v) is 3.26. The summed E-state index contributed by atoms with van der Waals surface area (Å²) in [5.74, 6) is -0.153. The van der Waals surface area contributed by atoms with Gasteiger partial charge in [0, 0.05) is 23.9 Å². The van der Waals surface area contributed by atoms with E-state index in [2.05, 4.69) is 36.5 Å². The van der Waals surface area contributed by atoms with Gasteiger partial charge in [-0.2, -0.15) is 0 Å². The molecule has 0 aliphatic heterocycles. The average Bonchev–Trinajstić information content (AvgIpc) is 2.73. The lowest BCUT2D eigenvalue weighted by Gasteiger charge is -2.14. The number of ether oxygens (including phenoxy) is 1. The maximum absolute atomic E-state index is 11.1. The summed E-state index contributed by atoms with van der Waals surface area (Å²) < 4.78 is 4.85. The molecule has 4 nitrogen and oxygen atoms in total. The molecule has 0 saturated heterocycles. The van der Waals surface area contributed by atoms with Crippen LogP contribution in [0.4, 0.5) is 0 Å². The molecule has 0 aromatic carbocycles. The van der Waals surface area contributed by atoms with Crippen molar-refractivity contribution in [2.45, 2.75) is 46.1 Å². The van der Waals surface area contributed by atoms with Crippen LogP contribution in [0.3, 0.4) is 0 Å². The number of rotatable bonds is 6. The van der Waals surface area contributed by atoms with E-state index in [0.29, 0.717) is 26.1 Å². The van der Waals surface area contributed by atoms with Crippen LogP contribution in [0.1, 0.15) is 44.8 Å². The van der Waals surface area contributed by atoms with Crippen LogP contribution in [0.15, 0.2) is 5.38 Å². The van der Waals surface area contributed by atoms with Gasteiger partial charge in [0.15, 0.2) is 0 Å². The molecule has 0 spiro atoms. The molecule has 0 saturated carbocycles. The van der Waals surface area contributed by atoms with E-state index in [-0.39, 0.29) is 11.4 Å². The van der Waals surface area contributed by atoms with E-state index in [9.17, 15) is 4.79 Å². The average molecular weight is 270 g/mol. The number of thiazole rings is 1. The molecule has 0 bridgehead atoms. The summed E-state index contributed by atoms with van der Waals surface area (Å²) in [7, 11) is 0. The quantitative estimate of drug-likeness (QED) is 0.637. The van der Waals surface area contributed by atoms with Crippen molar-refractivity contribution < 1.29 is 9.53 Å². The molecule has 1 rings (SSSR count). The largest absolute Gasteiger partial charge is 0.466 e. The summed E-state index contributed by atoms with van der Waals surface area (Å²) in [6.07, 6.45) is 0.408. The highest BCUT2D eigenvalue weighted by atomic mass is 32.1. The molecule has 0 radical (unpaired) electrons. The zero-order chi connectivity index (χ0) is 13.6. The Balaban J connectivity index is 2.28. The van der Waals surface area contributed by atoms with E-state index >= 15 is 0 Å². The van der Waals surface area contributed by atoms with Gasteiger partial charge in [-0.1, -0.05) is 20.8 Å². The highest BCUT2D eigenvalue weighted by Gasteiger charge is 2.17. The fraction of sp³-hybridized carbons (Fsp3) is 0.692. The molecule has 0 aliphatic rings. The van der Waals surface area contributed by atoms with Crippen molar-refractivity contribution in [1.82, 2.24) is 10.3 Å². The maximum Gasteiger partial charge on any atom is 0.307 e. The zero-order valence-electron chi connectivity index (χ0n) is 11.6. The molecule has 0 aliphatic carbocycles. The van der Waals surface area contributed by atoms with Crippen LogP contribution in [0.25, 0.3) is 0 Å². The summed E-state index contributed by atoms with van der Waals surface area (Å²) in [6.45, 7) is 10.1. The van der Waals surface area contributed by atoms with Crippen LogP contribution in [0.2, 0.25) is 0 Å². The number of nitrogens with one attached hydrogen (secondary N) is 1. The minimum absolute atomic E-state index is 0.0969. The van der Waals surface area contributed by atoms with Gasteiger partial charge in [-0.05, 0) is 6.92 Å².